The second-order valence-corrected chi connectivity index (χ2v) is 6.81. The van der Waals surface area contributed by atoms with Crippen molar-refractivity contribution < 1.29 is 9.53 Å². The molecule has 0 N–H and O–H groups in total. The van der Waals surface area contributed by atoms with E-state index in [1.165, 1.54) is 0 Å². The van der Waals surface area contributed by atoms with Crippen LogP contribution in [0.25, 0.3) is 0 Å². The average molecular weight is 266 g/mol. The van der Waals surface area contributed by atoms with Crippen LogP contribution in [0.4, 0.5) is 4.79 Å². The number of carbonyl (C=O) groups is 1. The van der Waals surface area contributed by atoms with Gasteiger partial charge in [-0.2, -0.15) is 5.26 Å². The Hall–Kier alpha value is -1.24. The minimum absolute atomic E-state index is 0.0717. The van der Waals surface area contributed by atoms with E-state index in [4.69, 9.17) is 10.00 Å². The molecule has 0 bridgehead atoms. The van der Waals surface area contributed by atoms with Crippen molar-refractivity contribution in [2.24, 2.45) is 11.8 Å². The quantitative estimate of drug-likeness (QED) is 0.767. The zero-order valence-corrected chi connectivity index (χ0v) is 12.8. The van der Waals surface area contributed by atoms with E-state index in [0.717, 1.165) is 19.3 Å². The first-order valence-corrected chi connectivity index (χ1v) is 7.12. The molecule has 1 fully saturated rings. The van der Waals surface area contributed by atoms with Gasteiger partial charge in [0, 0.05) is 18.5 Å². The molecule has 1 saturated heterocycles. The van der Waals surface area contributed by atoms with Crippen LogP contribution in [0.15, 0.2) is 0 Å². The molecule has 19 heavy (non-hydrogen) atoms. The van der Waals surface area contributed by atoms with Crippen LogP contribution in [-0.4, -0.2) is 29.2 Å². The van der Waals surface area contributed by atoms with E-state index in [1.807, 2.05) is 25.7 Å². The van der Waals surface area contributed by atoms with Gasteiger partial charge in [0.05, 0.1) is 6.07 Å². The van der Waals surface area contributed by atoms with Gasteiger partial charge in [-0.1, -0.05) is 13.8 Å². The van der Waals surface area contributed by atoms with Crippen LogP contribution >= 0.6 is 0 Å². The molecular formula is C15H26N2O2. The molecule has 1 amide bonds. The molecule has 1 aliphatic heterocycles. The van der Waals surface area contributed by atoms with E-state index in [1.54, 1.807) is 0 Å². The highest BCUT2D eigenvalue weighted by atomic mass is 16.6. The number of rotatable bonds is 2. The Balaban J connectivity index is 2.73. The summed E-state index contributed by atoms with van der Waals surface area (Å²) < 4.78 is 5.46. The van der Waals surface area contributed by atoms with Crippen molar-refractivity contribution in [2.45, 2.75) is 65.5 Å². The van der Waals surface area contributed by atoms with Gasteiger partial charge in [-0.15, -0.1) is 0 Å². The second kappa shape index (κ2) is 6.27. The Morgan fingerprint density at radius 3 is 2.58 bits per heavy atom. The highest BCUT2D eigenvalue weighted by molar-refractivity contribution is 5.68. The van der Waals surface area contributed by atoms with Crippen molar-refractivity contribution in [3.05, 3.63) is 0 Å². The second-order valence-electron chi connectivity index (χ2n) is 6.81. The molecule has 0 aromatic heterocycles. The summed E-state index contributed by atoms with van der Waals surface area (Å²) in [6.45, 7) is 10.6. The maximum Gasteiger partial charge on any atom is 0.410 e. The summed E-state index contributed by atoms with van der Waals surface area (Å²) in [6.07, 6.45) is 2.21. The number of hydrogen-bond acceptors (Lipinski definition) is 3. The fourth-order valence-corrected chi connectivity index (χ4v) is 2.50. The van der Waals surface area contributed by atoms with E-state index < -0.39 is 5.60 Å². The van der Waals surface area contributed by atoms with Crippen LogP contribution in [0.1, 0.15) is 53.9 Å². The summed E-state index contributed by atoms with van der Waals surface area (Å²) in [5, 5.41) is 9.07. The molecule has 4 heteroatoms. The molecular weight excluding hydrogens is 240 g/mol. The molecule has 2 atom stereocenters. The first kappa shape index (κ1) is 15.8. The zero-order chi connectivity index (χ0) is 14.6. The van der Waals surface area contributed by atoms with Crippen molar-refractivity contribution in [3.8, 4) is 6.07 Å². The smallest absolute Gasteiger partial charge is 0.410 e. The molecule has 0 saturated carbocycles. The number of carbonyl (C=O) groups excluding carboxylic acids is 1. The lowest BCUT2D eigenvalue weighted by molar-refractivity contribution is 0.00446. The molecule has 1 aliphatic rings. The van der Waals surface area contributed by atoms with Gasteiger partial charge < -0.3 is 9.64 Å². The number of nitrogens with zero attached hydrogens (tertiary/aromatic N) is 2. The third kappa shape index (κ3) is 5.10. The number of piperidine rings is 1. The maximum absolute atomic E-state index is 12.2. The van der Waals surface area contributed by atoms with E-state index >= 15 is 0 Å². The SMILES string of the molecule is CC(C)CC1CC(C#N)CCN1C(=O)OC(C)(C)C. The summed E-state index contributed by atoms with van der Waals surface area (Å²) in [7, 11) is 0. The predicted molar refractivity (Wildman–Crippen MR) is 74.5 cm³/mol. The fraction of sp³-hybridized carbons (Fsp3) is 0.867. The lowest BCUT2D eigenvalue weighted by atomic mass is 9.88. The van der Waals surface area contributed by atoms with Gasteiger partial charge in [0.2, 0.25) is 0 Å². The topological polar surface area (TPSA) is 53.3 Å². The van der Waals surface area contributed by atoms with Crippen LogP contribution < -0.4 is 0 Å². The van der Waals surface area contributed by atoms with Crippen LogP contribution in [0, 0.1) is 23.2 Å². The van der Waals surface area contributed by atoms with E-state index in [0.29, 0.717) is 12.5 Å². The Bertz CT molecular complexity index is 352. The molecule has 0 aromatic carbocycles. The minimum atomic E-state index is -0.467. The van der Waals surface area contributed by atoms with E-state index in [-0.39, 0.29) is 18.1 Å². The zero-order valence-electron chi connectivity index (χ0n) is 12.8. The molecule has 0 aliphatic carbocycles. The standard InChI is InChI=1S/C15H26N2O2/c1-11(2)8-13-9-12(10-16)6-7-17(13)14(18)19-15(3,4)5/h11-13H,6-9H2,1-5H3. The highest BCUT2D eigenvalue weighted by Gasteiger charge is 2.34. The number of ether oxygens (including phenoxy) is 1. The summed E-state index contributed by atoms with van der Waals surface area (Å²) in [5.74, 6) is 0.579. The number of amides is 1. The Kier molecular flexibility index (Phi) is 5.22. The Morgan fingerprint density at radius 1 is 1.47 bits per heavy atom. The van der Waals surface area contributed by atoms with Gasteiger partial charge in [-0.05, 0) is 46.0 Å². The Morgan fingerprint density at radius 2 is 2.11 bits per heavy atom. The van der Waals surface area contributed by atoms with Gasteiger partial charge >= 0.3 is 6.09 Å². The summed E-state index contributed by atoms with van der Waals surface area (Å²) in [6, 6.07) is 2.47. The molecule has 1 rings (SSSR count). The summed E-state index contributed by atoms with van der Waals surface area (Å²) in [4.78, 5) is 14.0. The lowest BCUT2D eigenvalue weighted by Crippen LogP contribution is -2.48. The minimum Gasteiger partial charge on any atom is -0.444 e. The van der Waals surface area contributed by atoms with Crippen LogP contribution in [0.2, 0.25) is 0 Å². The van der Waals surface area contributed by atoms with Gasteiger partial charge in [-0.3, -0.25) is 0 Å². The molecule has 108 valence electrons. The molecule has 0 radical (unpaired) electrons. The van der Waals surface area contributed by atoms with Gasteiger partial charge in [0.1, 0.15) is 5.60 Å². The van der Waals surface area contributed by atoms with Crippen LogP contribution in [0.5, 0.6) is 0 Å². The first-order chi connectivity index (χ1) is 8.73. The van der Waals surface area contributed by atoms with Crippen molar-refractivity contribution in [1.29, 1.82) is 5.26 Å². The summed E-state index contributed by atoms with van der Waals surface area (Å²) >= 11 is 0. The molecule has 2 unspecified atom stereocenters. The average Bonchev–Trinajstić information content (AvgIpc) is 2.25. The molecule has 0 aromatic rings. The monoisotopic (exact) mass is 266 g/mol. The summed E-state index contributed by atoms with van der Waals surface area (Å²) in [5.41, 5.74) is -0.467. The number of likely N-dealkylation sites (tertiary alicyclic amines) is 1. The van der Waals surface area contributed by atoms with E-state index in [2.05, 4.69) is 19.9 Å². The normalized spacial score (nSPS) is 24.2. The molecule has 1 heterocycles. The van der Waals surface area contributed by atoms with Gasteiger partial charge in [-0.25, -0.2) is 4.79 Å². The van der Waals surface area contributed by atoms with Crippen molar-refractivity contribution in [1.82, 2.24) is 4.90 Å². The van der Waals surface area contributed by atoms with Gasteiger partial charge in [0.25, 0.3) is 0 Å². The lowest BCUT2D eigenvalue weighted by Gasteiger charge is -2.39. The van der Waals surface area contributed by atoms with Crippen molar-refractivity contribution in [3.63, 3.8) is 0 Å². The number of nitriles is 1. The third-order valence-corrected chi connectivity index (χ3v) is 3.27. The number of hydrogen-bond donors (Lipinski definition) is 0. The highest BCUT2D eigenvalue weighted by Crippen LogP contribution is 2.28. The predicted octanol–water partition coefficient (Wildman–Crippen LogP) is 3.57. The maximum atomic E-state index is 12.2. The van der Waals surface area contributed by atoms with Crippen molar-refractivity contribution in [2.75, 3.05) is 6.54 Å². The van der Waals surface area contributed by atoms with E-state index in [9.17, 15) is 4.79 Å². The molecule has 0 spiro atoms. The third-order valence-electron chi connectivity index (χ3n) is 3.27. The fourth-order valence-electron chi connectivity index (χ4n) is 2.50. The molecule has 4 nitrogen and oxygen atoms in total. The van der Waals surface area contributed by atoms with Crippen LogP contribution in [0.3, 0.4) is 0 Å². The first-order valence-electron chi connectivity index (χ1n) is 7.12. The van der Waals surface area contributed by atoms with Crippen molar-refractivity contribution >= 4 is 6.09 Å². The van der Waals surface area contributed by atoms with Crippen LogP contribution in [-0.2, 0) is 4.74 Å². The van der Waals surface area contributed by atoms with Gasteiger partial charge in [0.15, 0.2) is 0 Å². The largest absolute Gasteiger partial charge is 0.444 e. The Labute approximate surface area is 116 Å².